The van der Waals surface area contributed by atoms with Crippen molar-refractivity contribution in [3.05, 3.63) is 24.0 Å². The molecule has 26 heavy (non-hydrogen) atoms. The summed E-state index contributed by atoms with van der Waals surface area (Å²) in [5.41, 5.74) is 0.783. The van der Waals surface area contributed by atoms with E-state index in [1.165, 1.54) is 12.1 Å². The maximum atomic E-state index is 13.4. The monoisotopic (exact) mass is 360 g/mol. The van der Waals surface area contributed by atoms with Crippen LogP contribution in [-0.4, -0.2) is 39.4 Å². The standard InChI is InChI=1S/C19H25FN4O2/c1-19(2,3)17(26)24-9-5-6-12(11-24)16(25)22-18-21-14-10-13(20)7-8-15(14)23(18)4/h7-8,10,12H,5-6,9,11H2,1-4H3,(H,21,22,25). The fourth-order valence-corrected chi connectivity index (χ4v) is 3.35. The highest BCUT2D eigenvalue weighted by molar-refractivity contribution is 5.93. The van der Waals surface area contributed by atoms with Gasteiger partial charge in [0, 0.05) is 31.6 Å². The summed E-state index contributed by atoms with van der Waals surface area (Å²) in [6, 6.07) is 4.35. The molecule has 0 bridgehead atoms. The van der Waals surface area contributed by atoms with Crippen LogP contribution in [0.1, 0.15) is 33.6 Å². The third-order valence-corrected chi connectivity index (χ3v) is 4.80. The van der Waals surface area contributed by atoms with Crippen LogP contribution >= 0.6 is 0 Å². The van der Waals surface area contributed by atoms with Crippen molar-refractivity contribution in [2.45, 2.75) is 33.6 Å². The Morgan fingerprint density at radius 2 is 2.04 bits per heavy atom. The van der Waals surface area contributed by atoms with E-state index in [0.29, 0.717) is 24.6 Å². The molecule has 1 fully saturated rings. The van der Waals surface area contributed by atoms with E-state index < -0.39 is 5.41 Å². The number of aromatic nitrogens is 2. The van der Waals surface area contributed by atoms with Crippen molar-refractivity contribution >= 4 is 28.8 Å². The number of amides is 2. The highest BCUT2D eigenvalue weighted by atomic mass is 19.1. The molecule has 1 aliphatic heterocycles. The van der Waals surface area contributed by atoms with Gasteiger partial charge in [0.25, 0.3) is 0 Å². The quantitative estimate of drug-likeness (QED) is 0.895. The van der Waals surface area contributed by atoms with Crippen LogP contribution in [0.25, 0.3) is 11.0 Å². The first-order valence-corrected chi connectivity index (χ1v) is 8.89. The van der Waals surface area contributed by atoms with E-state index in [4.69, 9.17) is 0 Å². The van der Waals surface area contributed by atoms with Crippen LogP contribution in [0.3, 0.4) is 0 Å². The minimum Gasteiger partial charge on any atom is -0.341 e. The molecule has 2 heterocycles. The van der Waals surface area contributed by atoms with Gasteiger partial charge in [0.2, 0.25) is 17.8 Å². The number of imidazole rings is 1. The van der Waals surface area contributed by atoms with E-state index in [1.54, 1.807) is 22.6 Å². The van der Waals surface area contributed by atoms with Gasteiger partial charge >= 0.3 is 0 Å². The molecular weight excluding hydrogens is 335 g/mol. The molecule has 0 saturated carbocycles. The van der Waals surface area contributed by atoms with Crippen molar-refractivity contribution in [1.29, 1.82) is 0 Å². The van der Waals surface area contributed by atoms with Crippen molar-refractivity contribution < 1.29 is 14.0 Å². The van der Waals surface area contributed by atoms with Crippen LogP contribution in [0, 0.1) is 17.2 Å². The second-order valence-electron chi connectivity index (χ2n) is 7.96. The van der Waals surface area contributed by atoms with Crippen molar-refractivity contribution in [2.75, 3.05) is 18.4 Å². The molecule has 0 radical (unpaired) electrons. The third kappa shape index (κ3) is 3.57. The molecule has 3 rings (SSSR count). The highest BCUT2D eigenvalue weighted by Gasteiger charge is 2.33. The summed E-state index contributed by atoms with van der Waals surface area (Å²) >= 11 is 0. The first-order valence-electron chi connectivity index (χ1n) is 8.89. The number of rotatable bonds is 2. The van der Waals surface area contributed by atoms with Gasteiger partial charge in [-0.15, -0.1) is 0 Å². The minimum absolute atomic E-state index is 0.0632. The molecule has 2 amide bonds. The molecular formula is C19H25FN4O2. The summed E-state index contributed by atoms with van der Waals surface area (Å²) in [4.78, 5) is 31.3. The van der Waals surface area contributed by atoms with Crippen LogP contribution in [0.4, 0.5) is 10.3 Å². The van der Waals surface area contributed by atoms with Crippen molar-refractivity contribution in [3.8, 4) is 0 Å². The van der Waals surface area contributed by atoms with Gasteiger partial charge in [-0.1, -0.05) is 20.8 Å². The summed E-state index contributed by atoms with van der Waals surface area (Å²) in [5.74, 6) is -0.345. The zero-order valence-corrected chi connectivity index (χ0v) is 15.7. The Morgan fingerprint density at radius 3 is 2.73 bits per heavy atom. The van der Waals surface area contributed by atoms with Crippen molar-refractivity contribution in [1.82, 2.24) is 14.5 Å². The Hall–Kier alpha value is -2.44. The number of hydrogen-bond acceptors (Lipinski definition) is 3. The Kier molecular flexibility index (Phi) is 4.73. The molecule has 1 aliphatic rings. The average molecular weight is 360 g/mol. The largest absolute Gasteiger partial charge is 0.341 e. The van der Waals surface area contributed by atoms with Gasteiger partial charge in [-0.05, 0) is 25.0 Å². The number of nitrogens with zero attached hydrogens (tertiary/aromatic N) is 3. The number of piperidine rings is 1. The van der Waals surface area contributed by atoms with Crippen molar-refractivity contribution in [3.63, 3.8) is 0 Å². The van der Waals surface area contributed by atoms with Gasteiger partial charge in [0.1, 0.15) is 5.82 Å². The molecule has 0 aliphatic carbocycles. The topological polar surface area (TPSA) is 67.2 Å². The molecule has 0 spiro atoms. The molecule has 6 nitrogen and oxygen atoms in total. The lowest BCUT2D eigenvalue weighted by Gasteiger charge is -2.35. The van der Waals surface area contributed by atoms with Crippen LogP contribution < -0.4 is 5.32 Å². The van der Waals surface area contributed by atoms with E-state index in [0.717, 1.165) is 18.4 Å². The zero-order valence-electron chi connectivity index (χ0n) is 15.7. The Balaban J connectivity index is 1.74. The number of halogens is 1. The fraction of sp³-hybridized carbons (Fsp3) is 0.526. The van der Waals surface area contributed by atoms with Gasteiger partial charge in [0.15, 0.2) is 0 Å². The zero-order chi connectivity index (χ0) is 19.1. The molecule has 1 aromatic carbocycles. The number of carbonyl (C=O) groups excluding carboxylic acids is 2. The number of carbonyl (C=O) groups is 2. The Bertz CT molecular complexity index is 853. The molecule has 1 atom stereocenters. The molecule has 2 aromatic rings. The minimum atomic E-state index is -0.458. The van der Waals surface area contributed by atoms with E-state index in [1.807, 2.05) is 20.8 Å². The highest BCUT2D eigenvalue weighted by Crippen LogP contribution is 2.25. The fourth-order valence-electron chi connectivity index (χ4n) is 3.35. The Morgan fingerprint density at radius 1 is 1.31 bits per heavy atom. The summed E-state index contributed by atoms with van der Waals surface area (Å²) in [7, 11) is 1.78. The molecule has 7 heteroatoms. The van der Waals surface area contributed by atoms with Crippen molar-refractivity contribution in [2.24, 2.45) is 18.4 Å². The SMILES string of the molecule is Cn1c(NC(=O)C2CCCN(C(=O)C(C)(C)C)C2)nc2cc(F)ccc21. The second-order valence-corrected chi connectivity index (χ2v) is 7.96. The summed E-state index contributed by atoms with van der Waals surface area (Å²) in [6.07, 6.45) is 1.53. The van der Waals surface area contributed by atoms with E-state index >= 15 is 0 Å². The lowest BCUT2D eigenvalue weighted by molar-refractivity contribution is -0.142. The molecule has 140 valence electrons. The number of hydrogen-bond donors (Lipinski definition) is 1. The predicted octanol–water partition coefficient (Wildman–Crippen LogP) is 2.94. The first kappa shape index (κ1) is 18.4. The average Bonchev–Trinajstić information content (AvgIpc) is 2.88. The van der Waals surface area contributed by atoms with E-state index in [-0.39, 0.29) is 23.5 Å². The van der Waals surface area contributed by atoms with E-state index in [2.05, 4.69) is 10.3 Å². The predicted molar refractivity (Wildman–Crippen MR) is 98.1 cm³/mol. The third-order valence-electron chi connectivity index (χ3n) is 4.80. The maximum Gasteiger partial charge on any atom is 0.231 e. The van der Waals surface area contributed by atoms with Crippen LogP contribution in [-0.2, 0) is 16.6 Å². The van der Waals surface area contributed by atoms with Gasteiger partial charge in [-0.25, -0.2) is 9.37 Å². The number of fused-ring (bicyclic) bond motifs is 1. The van der Waals surface area contributed by atoms with Crippen LogP contribution in [0.2, 0.25) is 0 Å². The summed E-state index contributed by atoms with van der Waals surface area (Å²) < 4.78 is 15.1. The van der Waals surface area contributed by atoms with Gasteiger partial charge in [0.05, 0.1) is 17.0 Å². The summed E-state index contributed by atoms with van der Waals surface area (Å²) in [5, 5.41) is 2.84. The van der Waals surface area contributed by atoms with Gasteiger partial charge < -0.3 is 9.47 Å². The Labute approximate surface area is 152 Å². The number of benzene rings is 1. The van der Waals surface area contributed by atoms with Crippen LogP contribution in [0.15, 0.2) is 18.2 Å². The number of anilines is 1. The number of likely N-dealkylation sites (tertiary alicyclic amines) is 1. The van der Waals surface area contributed by atoms with Gasteiger partial charge in [-0.2, -0.15) is 0 Å². The van der Waals surface area contributed by atoms with Crippen LogP contribution in [0.5, 0.6) is 0 Å². The van der Waals surface area contributed by atoms with Gasteiger partial charge in [-0.3, -0.25) is 14.9 Å². The molecule has 1 unspecified atom stereocenters. The second kappa shape index (κ2) is 6.70. The lowest BCUT2D eigenvalue weighted by Crippen LogP contribution is -2.47. The lowest BCUT2D eigenvalue weighted by atomic mass is 9.91. The summed E-state index contributed by atoms with van der Waals surface area (Å²) in [6.45, 7) is 6.76. The normalized spacial score (nSPS) is 18.2. The number of nitrogens with one attached hydrogen (secondary N) is 1. The maximum absolute atomic E-state index is 13.4. The molecule has 1 saturated heterocycles. The smallest absolute Gasteiger partial charge is 0.231 e. The molecule has 1 N–H and O–H groups in total. The first-order chi connectivity index (χ1) is 12.2. The molecule has 1 aromatic heterocycles. The van der Waals surface area contributed by atoms with E-state index in [9.17, 15) is 14.0 Å². The number of aryl methyl sites for hydroxylation is 1.